The number of nitrogens with one attached hydrogen (secondary N) is 3. The van der Waals surface area contributed by atoms with Crippen LogP contribution < -0.4 is 27.4 Å². The summed E-state index contributed by atoms with van der Waals surface area (Å²) >= 11 is 0. The van der Waals surface area contributed by atoms with Crippen molar-refractivity contribution in [1.29, 1.82) is 0 Å². The van der Waals surface area contributed by atoms with Gasteiger partial charge in [-0.05, 0) is 29.7 Å². The number of amides is 4. The first-order valence-electron chi connectivity index (χ1n) is 12.1. The van der Waals surface area contributed by atoms with Gasteiger partial charge in [0.1, 0.15) is 29.9 Å². The van der Waals surface area contributed by atoms with Crippen LogP contribution in [0.25, 0.3) is 0 Å². The predicted molar refractivity (Wildman–Crippen MR) is 139 cm³/mol. The maximum Gasteiger partial charge on any atom is 0.326 e. The predicted octanol–water partition coefficient (Wildman–Crippen LogP) is -1.70. The van der Waals surface area contributed by atoms with Crippen LogP contribution in [0.2, 0.25) is 0 Å². The zero-order valence-electron chi connectivity index (χ0n) is 21.1. The number of benzene rings is 2. The molecule has 2 rings (SSSR count). The summed E-state index contributed by atoms with van der Waals surface area (Å²) in [4.78, 5) is 61.8. The average molecular weight is 544 g/mol. The Labute approximate surface area is 224 Å². The fourth-order valence-electron chi connectivity index (χ4n) is 3.59. The van der Waals surface area contributed by atoms with Crippen molar-refractivity contribution in [2.45, 2.75) is 49.9 Å². The smallest absolute Gasteiger partial charge is 0.326 e. The highest BCUT2D eigenvalue weighted by Crippen LogP contribution is 2.13. The van der Waals surface area contributed by atoms with Gasteiger partial charge in [0, 0.05) is 19.3 Å². The number of carbonyl (C=O) groups excluding carboxylic acids is 4. The largest absolute Gasteiger partial charge is 0.508 e. The summed E-state index contributed by atoms with van der Waals surface area (Å²) in [5, 5.41) is 35.7. The van der Waals surface area contributed by atoms with Gasteiger partial charge in [-0.25, -0.2) is 4.79 Å². The third kappa shape index (κ3) is 10.4. The summed E-state index contributed by atoms with van der Waals surface area (Å²) in [5.74, 6) is -4.58. The molecule has 0 saturated heterocycles. The van der Waals surface area contributed by atoms with Crippen LogP contribution in [0.5, 0.6) is 5.75 Å². The summed E-state index contributed by atoms with van der Waals surface area (Å²) in [5.41, 5.74) is 11.9. The van der Waals surface area contributed by atoms with E-state index in [4.69, 9.17) is 16.6 Å². The summed E-state index contributed by atoms with van der Waals surface area (Å²) in [6, 6.07) is 9.16. The lowest BCUT2D eigenvalue weighted by Crippen LogP contribution is -2.58. The van der Waals surface area contributed by atoms with Crippen molar-refractivity contribution in [3.63, 3.8) is 0 Å². The van der Waals surface area contributed by atoms with Crippen LogP contribution in [-0.2, 0) is 36.8 Å². The van der Waals surface area contributed by atoms with Crippen molar-refractivity contribution in [3.8, 4) is 5.75 Å². The molecule has 0 aliphatic carbocycles. The van der Waals surface area contributed by atoms with Crippen LogP contribution in [0.1, 0.15) is 24.0 Å². The minimum atomic E-state index is -1.34. The SMILES string of the molecule is NC(=O)CCC(NC(=O)C(N)CO)C(=O)NC(Cc1ccc(O)cc1)C(=O)NC(Cc1ccccc1)C(=O)O. The lowest BCUT2D eigenvalue weighted by molar-refractivity contribution is -0.142. The number of phenolic OH excluding ortho intramolecular Hbond substituents is 1. The van der Waals surface area contributed by atoms with Gasteiger partial charge in [0.15, 0.2) is 0 Å². The Morgan fingerprint density at radius 1 is 0.744 bits per heavy atom. The number of carboxylic acid groups (broad SMARTS) is 1. The highest BCUT2D eigenvalue weighted by atomic mass is 16.4. The Balaban J connectivity index is 2.28. The van der Waals surface area contributed by atoms with Crippen molar-refractivity contribution >= 4 is 29.6 Å². The van der Waals surface area contributed by atoms with Crippen molar-refractivity contribution in [2.24, 2.45) is 11.5 Å². The Hall–Kier alpha value is -4.49. The molecule has 0 aromatic heterocycles. The van der Waals surface area contributed by atoms with E-state index in [1.165, 1.54) is 24.3 Å². The fraction of sp³-hybridized carbons (Fsp3) is 0.346. The molecule has 0 aliphatic heterocycles. The van der Waals surface area contributed by atoms with Gasteiger partial charge < -0.3 is 42.7 Å². The molecule has 2 aromatic rings. The first kappa shape index (κ1) is 30.7. The van der Waals surface area contributed by atoms with Gasteiger partial charge in [0.05, 0.1) is 6.61 Å². The molecule has 0 heterocycles. The fourth-order valence-corrected chi connectivity index (χ4v) is 3.59. The first-order chi connectivity index (χ1) is 18.5. The second kappa shape index (κ2) is 15.1. The minimum absolute atomic E-state index is 0.0157. The number of hydrogen-bond acceptors (Lipinski definition) is 8. The van der Waals surface area contributed by atoms with Crippen LogP contribution in [0.15, 0.2) is 54.6 Å². The molecule has 210 valence electrons. The molecule has 0 aliphatic rings. The molecule has 4 amide bonds. The van der Waals surface area contributed by atoms with Crippen LogP contribution in [0.3, 0.4) is 0 Å². The topological polar surface area (TPSA) is 234 Å². The Morgan fingerprint density at radius 2 is 1.26 bits per heavy atom. The molecule has 39 heavy (non-hydrogen) atoms. The molecule has 13 nitrogen and oxygen atoms in total. The van der Waals surface area contributed by atoms with Gasteiger partial charge in [0.25, 0.3) is 0 Å². The number of primary amides is 1. The Morgan fingerprint density at radius 3 is 1.82 bits per heavy atom. The molecule has 4 atom stereocenters. The average Bonchev–Trinajstić information content (AvgIpc) is 2.91. The monoisotopic (exact) mass is 543 g/mol. The molecule has 4 unspecified atom stereocenters. The third-order valence-electron chi connectivity index (χ3n) is 5.75. The maximum absolute atomic E-state index is 13.3. The van der Waals surface area contributed by atoms with Crippen LogP contribution >= 0.6 is 0 Å². The summed E-state index contributed by atoms with van der Waals surface area (Å²) < 4.78 is 0. The number of rotatable bonds is 15. The second-order valence-electron chi connectivity index (χ2n) is 8.88. The molecule has 13 heteroatoms. The van der Waals surface area contributed by atoms with E-state index in [0.29, 0.717) is 11.1 Å². The first-order valence-corrected chi connectivity index (χ1v) is 12.1. The Bertz CT molecular complexity index is 1140. The Kier molecular flexibility index (Phi) is 11.9. The van der Waals surface area contributed by atoms with Crippen molar-refractivity contribution in [3.05, 3.63) is 65.7 Å². The zero-order chi connectivity index (χ0) is 28.9. The molecular formula is C26H33N5O8. The van der Waals surface area contributed by atoms with Gasteiger partial charge in [-0.3, -0.25) is 19.2 Å². The van der Waals surface area contributed by atoms with E-state index in [2.05, 4.69) is 16.0 Å². The summed E-state index contributed by atoms with van der Waals surface area (Å²) in [6.07, 6.45) is -0.607. The van der Waals surface area contributed by atoms with Gasteiger partial charge in [-0.1, -0.05) is 42.5 Å². The van der Waals surface area contributed by atoms with Gasteiger partial charge in [-0.15, -0.1) is 0 Å². The summed E-state index contributed by atoms with van der Waals surface area (Å²) in [7, 11) is 0. The number of aromatic hydroxyl groups is 1. The number of phenols is 1. The minimum Gasteiger partial charge on any atom is -0.508 e. The number of carboxylic acids is 1. The quantitative estimate of drug-likeness (QED) is 0.128. The number of carbonyl (C=O) groups is 5. The van der Waals surface area contributed by atoms with E-state index in [-0.39, 0.29) is 31.4 Å². The van der Waals surface area contributed by atoms with E-state index >= 15 is 0 Å². The molecular weight excluding hydrogens is 510 g/mol. The number of aliphatic hydroxyl groups is 1. The number of hydrogen-bond donors (Lipinski definition) is 8. The van der Waals surface area contributed by atoms with E-state index in [0.717, 1.165) is 0 Å². The van der Waals surface area contributed by atoms with E-state index < -0.39 is 60.4 Å². The summed E-state index contributed by atoms with van der Waals surface area (Å²) in [6.45, 7) is -0.695. The number of aliphatic hydroxyl groups excluding tert-OH is 1. The number of nitrogens with two attached hydrogens (primary N) is 2. The van der Waals surface area contributed by atoms with Gasteiger partial charge in [-0.2, -0.15) is 0 Å². The lowest BCUT2D eigenvalue weighted by Gasteiger charge is -2.25. The standard InChI is InChI=1S/C26H33N5O8/c27-18(14-32)23(35)29-19(10-11-22(28)34)24(36)30-20(12-16-6-8-17(33)9-7-16)25(37)31-21(26(38)39)13-15-4-2-1-3-5-15/h1-9,18-21,32-33H,10-14,27H2,(H2,28,34)(H,29,35)(H,30,36)(H,31,37)(H,38,39). The van der Waals surface area contributed by atoms with Crippen LogP contribution in [-0.4, -0.2) is 75.7 Å². The highest BCUT2D eigenvalue weighted by Gasteiger charge is 2.30. The molecule has 0 radical (unpaired) electrons. The highest BCUT2D eigenvalue weighted by molar-refractivity contribution is 5.94. The second-order valence-corrected chi connectivity index (χ2v) is 8.88. The normalized spacial score (nSPS) is 13.8. The third-order valence-corrected chi connectivity index (χ3v) is 5.75. The molecule has 10 N–H and O–H groups in total. The molecule has 2 aromatic carbocycles. The molecule has 0 saturated carbocycles. The number of aliphatic carboxylic acids is 1. The van der Waals surface area contributed by atoms with Crippen molar-refractivity contribution in [1.82, 2.24) is 16.0 Å². The van der Waals surface area contributed by atoms with Crippen LogP contribution in [0.4, 0.5) is 0 Å². The molecule has 0 fully saturated rings. The maximum atomic E-state index is 13.3. The van der Waals surface area contributed by atoms with Crippen molar-refractivity contribution < 1.29 is 39.3 Å². The lowest BCUT2D eigenvalue weighted by atomic mass is 10.0. The van der Waals surface area contributed by atoms with E-state index in [1.807, 2.05) is 0 Å². The molecule has 0 spiro atoms. The van der Waals surface area contributed by atoms with E-state index in [1.54, 1.807) is 30.3 Å². The molecule has 0 bridgehead atoms. The van der Waals surface area contributed by atoms with Gasteiger partial charge >= 0.3 is 5.97 Å². The van der Waals surface area contributed by atoms with Gasteiger partial charge in [0.2, 0.25) is 23.6 Å². The zero-order valence-corrected chi connectivity index (χ0v) is 21.1. The van der Waals surface area contributed by atoms with Crippen LogP contribution in [0, 0.1) is 0 Å². The van der Waals surface area contributed by atoms with Crippen molar-refractivity contribution in [2.75, 3.05) is 6.61 Å². The van der Waals surface area contributed by atoms with E-state index in [9.17, 15) is 34.2 Å².